The molecule has 0 saturated carbocycles. The van der Waals surface area contributed by atoms with Crippen LogP contribution >= 0.6 is 0 Å². The summed E-state index contributed by atoms with van der Waals surface area (Å²) in [6, 6.07) is 5.34. The Morgan fingerprint density at radius 1 is 1.23 bits per heavy atom. The van der Waals surface area contributed by atoms with E-state index in [0.717, 1.165) is 51.3 Å². The molecular formula is C16H23N5O. The van der Waals surface area contributed by atoms with Crippen LogP contribution in [0.3, 0.4) is 0 Å². The van der Waals surface area contributed by atoms with Gasteiger partial charge < -0.3 is 4.90 Å². The molecule has 0 amide bonds. The van der Waals surface area contributed by atoms with Crippen LogP contribution in [0.15, 0.2) is 35.4 Å². The van der Waals surface area contributed by atoms with Crippen molar-refractivity contribution in [1.29, 1.82) is 0 Å². The third kappa shape index (κ3) is 3.82. The van der Waals surface area contributed by atoms with E-state index in [4.69, 9.17) is 0 Å². The molecule has 0 bridgehead atoms. The molecule has 0 unspecified atom stereocenters. The van der Waals surface area contributed by atoms with Crippen LogP contribution in [-0.4, -0.2) is 44.1 Å². The highest BCUT2D eigenvalue weighted by Crippen LogP contribution is 2.18. The van der Waals surface area contributed by atoms with Crippen LogP contribution < -0.4 is 5.56 Å². The molecule has 0 radical (unpaired) electrons. The highest BCUT2D eigenvalue weighted by Gasteiger charge is 2.20. The molecule has 118 valence electrons. The third-order valence-electron chi connectivity index (χ3n) is 4.34. The Morgan fingerprint density at radius 2 is 2.05 bits per heavy atom. The average Bonchev–Trinajstić information content (AvgIpc) is 3.04. The zero-order valence-electron chi connectivity index (χ0n) is 13.1. The van der Waals surface area contributed by atoms with Crippen molar-refractivity contribution in [3.05, 3.63) is 46.6 Å². The minimum absolute atomic E-state index is 0.00621. The van der Waals surface area contributed by atoms with Crippen LogP contribution in [0.5, 0.6) is 0 Å². The lowest BCUT2D eigenvalue weighted by atomic mass is 9.97. The summed E-state index contributed by atoms with van der Waals surface area (Å²) in [5.74, 6) is 0.549. The van der Waals surface area contributed by atoms with E-state index in [0.29, 0.717) is 5.92 Å². The van der Waals surface area contributed by atoms with Gasteiger partial charge in [0.15, 0.2) is 0 Å². The van der Waals surface area contributed by atoms with Gasteiger partial charge in [-0.15, -0.1) is 0 Å². The number of hydrogen-bond donors (Lipinski definition) is 0. The quantitative estimate of drug-likeness (QED) is 0.831. The fourth-order valence-corrected chi connectivity index (χ4v) is 3.00. The summed E-state index contributed by atoms with van der Waals surface area (Å²) in [6.07, 6.45) is 6.07. The SMILES string of the molecule is Cc1ccc(=O)n(CC2CCN(CCn3cccn3)CC2)n1. The van der Waals surface area contributed by atoms with Crippen molar-refractivity contribution in [3.8, 4) is 0 Å². The largest absolute Gasteiger partial charge is 0.301 e. The fourth-order valence-electron chi connectivity index (χ4n) is 3.00. The Morgan fingerprint density at radius 3 is 2.77 bits per heavy atom. The van der Waals surface area contributed by atoms with Gasteiger partial charge in [0.1, 0.15) is 0 Å². The van der Waals surface area contributed by atoms with Crippen molar-refractivity contribution < 1.29 is 0 Å². The second kappa shape index (κ2) is 6.87. The lowest BCUT2D eigenvalue weighted by Crippen LogP contribution is -2.38. The molecule has 2 aromatic heterocycles. The van der Waals surface area contributed by atoms with E-state index in [1.165, 1.54) is 0 Å². The number of aromatic nitrogens is 4. The highest BCUT2D eigenvalue weighted by molar-refractivity contribution is 4.97. The van der Waals surface area contributed by atoms with E-state index in [2.05, 4.69) is 15.1 Å². The van der Waals surface area contributed by atoms with Gasteiger partial charge in [0.05, 0.1) is 12.2 Å². The smallest absolute Gasteiger partial charge is 0.266 e. The summed E-state index contributed by atoms with van der Waals surface area (Å²) < 4.78 is 3.60. The van der Waals surface area contributed by atoms with Gasteiger partial charge in [-0.25, -0.2) is 4.68 Å². The fraction of sp³-hybridized carbons (Fsp3) is 0.562. The van der Waals surface area contributed by atoms with Crippen LogP contribution in [0.25, 0.3) is 0 Å². The molecule has 6 heteroatoms. The number of aryl methyl sites for hydroxylation is 1. The van der Waals surface area contributed by atoms with Gasteiger partial charge in [-0.05, 0) is 50.9 Å². The lowest BCUT2D eigenvalue weighted by molar-refractivity contribution is 0.163. The van der Waals surface area contributed by atoms with Crippen molar-refractivity contribution in [2.24, 2.45) is 5.92 Å². The minimum Gasteiger partial charge on any atom is -0.301 e. The molecule has 0 aliphatic carbocycles. The van der Waals surface area contributed by atoms with Crippen molar-refractivity contribution in [3.63, 3.8) is 0 Å². The first-order chi connectivity index (χ1) is 10.7. The van der Waals surface area contributed by atoms with E-state index in [1.54, 1.807) is 16.8 Å². The van der Waals surface area contributed by atoms with Gasteiger partial charge in [0.25, 0.3) is 5.56 Å². The molecule has 2 aromatic rings. The maximum Gasteiger partial charge on any atom is 0.266 e. The zero-order valence-corrected chi connectivity index (χ0v) is 13.1. The van der Waals surface area contributed by atoms with Gasteiger partial charge in [-0.3, -0.25) is 9.48 Å². The number of piperidine rings is 1. The Hall–Kier alpha value is -1.95. The van der Waals surface area contributed by atoms with Crippen molar-refractivity contribution >= 4 is 0 Å². The second-order valence-electron chi connectivity index (χ2n) is 6.05. The standard InChI is InChI=1S/C16H23N5O/c1-14-3-4-16(22)21(18-14)13-15-5-9-19(10-6-15)11-12-20-8-2-7-17-20/h2-4,7-8,15H,5-6,9-13H2,1H3. The first-order valence-electron chi connectivity index (χ1n) is 7.95. The predicted molar refractivity (Wildman–Crippen MR) is 84.6 cm³/mol. The van der Waals surface area contributed by atoms with Crippen molar-refractivity contribution in [2.45, 2.75) is 32.9 Å². The van der Waals surface area contributed by atoms with Gasteiger partial charge in [0, 0.05) is 31.5 Å². The van der Waals surface area contributed by atoms with Gasteiger partial charge in [-0.1, -0.05) is 0 Å². The molecule has 1 aliphatic rings. The molecule has 3 heterocycles. The van der Waals surface area contributed by atoms with E-state index >= 15 is 0 Å². The summed E-state index contributed by atoms with van der Waals surface area (Å²) in [6.45, 7) is 6.83. The summed E-state index contributed by atoms with van der Waals surface area (Å²) in [7, 11) is 0. The molecule has 0 spiro atoms. The van der Waals surface area contributed by atoms with Crippen molar-refractivity contribution in [2.75, 3.05) is 19.6 Å². The molecule has 0 N–H and O–H groups in total. The Kier molecular flexibility index (Phi) is 4.68. The van der Waals surface area contributed by atoms with Crippen molar-refractivity contribution in [1.82, 2.24) is 24.5 Å². The van der Waals surface area contributed by atoms with Crippen LogP contribution in [0.1, 0.15) is 18.5 Å². The molecule has 0 aromatic carbocycles. The molecule has 1 saturated heterocycles. The normalized spacial score (nSPS) is 17.0. The second-order valence-corrected chi connectivity index (χ2v) is 6.05. The first kappa shape index (κ1) is 15.0. The lowest BCUT2D eigenvalue weighted by Gasteiger charge is -2.31. The molecule has 1 aliphatic heterocycles. The minimum atomic E-state index is 0.00621. The monoisotopic (exact) mass is 301 g/mol. The molecule has 6 nitrogen and oxygen atoms in total. The summed E-state index contributed by atoms with van der Waals surface area (Å²) >= 11 is 0. The van der Waals surface area contributed by atoms with Gasteiger partial charge >= 0.3 is 0 Å². The number of rotatable bonds is 5. The Bertz CT molecular complexity index is 641. The van der Waals surface area contributed by atoms with Crippen LogP contribution in [0.2, 0.25) is 0 Å². The van der Waals surface area contributed by atoms with Crippen LogP contribution in [0.4, 0.5) is 0 Å². The molecular weight excluding hydrogens is 278 g/mol. The summed E-state index contributed by atoms with van der Waals surface area (Å²) in [4.78, 5) is 14.3. The topological polar surface area (TPSA) is 56.0 Å². The first-order valence-corrected chi connectivity index (χ1v) is 7.95. The summed E-state index contributed by atoms with van der Waals surface area (Å²) in [5.41, 5.74) is 0.906. The molecule has 3 rings (SSSR count). The Balaban J connectivity index is 1.47. The zero-order chi connectivity index (χ0) is 15.4. The van der Waals surface area contributed by atoms with Gasteiger partial charge in [0.2, 0.25) is 0 Å². The van der Waals surface area contributed by atoms with E-state index < -0.39 is 0 Å². The molecule has 1 fully saturated rings. The maximum absolute atomic E-state index is 11.8. The average molecular weight is 301 g/mol. The molecule has 0 atom stereocenters. The third-order valence-corrected chi connectivity index (χ3v) is 4.34. The molecule has 22 heavy (non-hydrogen) atoms. The maximum atomic E-state index is 11.8. The Labute approximate surface area is 130 Å². The van der Waals surface area contributed by atoms with Crippen LogP contribution in [0, 0.1) is 12.8 Å². The van der Waals surface area contributed by atoms with Gasteiger partial charge in [-0.2, -0.15) is 10.2 Å². The van der Waals surface area contributed by atoms with E-state index in [9.17, 15) is 4.79 Å². The summed E-state index contributed by atoms with van der Waals surface area (Å²) in [5, 5.41) is 8.57. The predicted octanol–water partition coefficient (Wildman–Crippen LogP) is 1.16. The number of likely N-dealkylation sites (tertiary alicyclic amines) is 1. The van der Waals surface area contributed by atoms with E-state index in [-0.39, 0.29) is 5.56 Å². The number of hydrogen-bond acceptors (Lipinski definition) is 4. The highest BCUT2D eigenvalue weighted by atomic mass is 16.1. The van der Waals surface area contributed by atoms with Crippen LogP contribution in [-0.2, 0) is 13.1 Å². The number of nitrogens with zero attached hydrogens (tertiary/aromatic N) is 5. The van der Waals surface area contributed by atoms with E-state index in [1.807, 2.05) is 30.1 Å².